The summed E-state index contributed by atoms with van der Waals surface area (Å²) in [6, 6.07) is 9.88. The predicted molar refractivity (Wildman–Crippen MR) is 67.3 cm³/mol. The zero-order valence-corrected chi connectivity index (χ0v) is 10.4. The summed E-state index contributed by atoms with van der Waals surface area (Å²) in [6.07, 6.45) is 1.03. The lowest BCUT2D eigenvalue weighted by atomic mass is 10.0. The van der Waals surface area contributed by atoms with Crippen molar-refractivity contribution >= 4 is 5.91 Å². The summed E-state index contributed by atoms with van der Waals surface area (Å²) < 4.78 is 0. The Balaban J connectivity index is 2.43. The summed E-state index contributed by atoms with van der Waals surface area (Å²) in [4.78, 5) is 11.8. The largest absolute Gasteiger partial charge is 0.356 e. The maximum Gasteiger partial charge on any atom is 0.227 e. The molecular weight excluding hydrogens is 198 g/mol. The average molecular weight is 219 g/mol. The Morgan fingerprint density at radius 2 is 1.81 bits per heavy atom. The number of nitrogens with one attached hydrogen (secondary N) is 1. The highest BCUT2D eigenvalue weighted by Gasteiger charge is 2.13. The quantitative estimate of drug-likeness (QED) is 0.810. The van der Waals surface area contributed by atoms with Crippen LogP contribution in [-0.4, -0.2) is 12.5 Å². The third-order valence-electron chi connectivity index (χ3n) is 2.71. The van der Waals surface area contributed by atoms with Gasteiger partial charge in [-0.15, -0.1) is 0 Å². The zero-order valence-electron chi connectivity index (χ0n) is 10.4. The van der Waals surface area contributed by atoms with Crippen LogP contribution < -0.4 is 5.32 Å². The first kappa shape index (κ1) is 12.8. The predicted octanol–water partition coefficient (Wildman–Crippen LogP) is 2.95. The van der Waals surface area contributed by atoms with E-state index in [0.29, 0.717) is 5.92 Å². The van der Waals surface area contributed by atoms with Gasteiger partial charge in [0, 0.05) is 6.54 Å². The second-order valence-corrected chi connectivity index (χ2v) is 4.61. The van der Waals surface area contributed by atoms with Crippen LogP contribution in [0.3, 0.4) is 0 Å². The normalized spacial score (nSPS) is 12.5. The maximum atomic E-state index is 11.8. The van der Waals surface area contributed by atoms with Crippen molar-refractivity contribution in [1.82, 2.24) is 5.32 Å². The number of carbonyl (C=O) groups excluding carboxylic acids is 1. The molecule has 0 aromatic heterocycles. The van der Waals surface area contributed by atoms with E-state index in [4.69, 9.17) is 0 Å². The van der Waals surface area contributed by atoms with E-state index in [0.717, 1.165) is 18.5 Å². The van der Waals surface area contributed by atoms with E-state index in [1.807, 2.05) is 37.3 Å². The number of carbonyl (C=O) groups is 1. The minimum atomic E-state index is -0.0617. The Kier molecular flexibility index (Phi) is 5.03. The van der Waals surface area contributed by atoms with Crippen LogP contribution in [0.15, 0.2) is 30.3 Å². The Morgan fingerprint density at radius 3 is 2.38 bits per heavy atom. The van der Waals surface area contributed by atoms with Crippen molar-refractivity contribution in [3.05, 3.63) is 35.9 Å². The molecule has 0 saturated heterocycles. The van der Waals surface area contributed by atoms with Crippen molar-refractivity contribution in [2.75, 3.05) is 6.54 Å². The van der Waals surface area contributed by atoms with E-state index in [1.54, 1.807) is 0 Å². The van der Waals surface area contributed by atoms with Crippen molar-refractivity contribution in [3.63, 3.8) is 0 Å². The monoisotopic (exact) mass is 219 g/mol. The molecule has 0 fully saturated rings. The summed E-state index contributed by atoms with van der Waals surface area (Å²) in [6.45, 7) is 7.03. The molecule has 1 amide bonds. The van der Waals surface area contributed by atoms with Gasteiger partial charge in [-0.2, -0.15) is 0 Å². The van der Waals surface area contributed by atoms with Crippen LogP contribution in [0.2, 0.25) is 0 Å². The zero-order chi connectivity index (χ0) is 12.0. The summed E-state index contributed by atoms with van der Waals surface area (Å²) in [5.74, 6) is 0.688. The van der Waals surface area contributed by atoms with Gasteiger partial charge in [0.25, 0.3) is 0 Å². The van der Waals surface area contributed by atoms with Crippen LogP contribution in [0.5, 0.6) is 0 Å². The van der Waals surface area contributed by atoms with Crippen LogP contribution in [0.4, 0.5) is 0 Å². The number of hydrogen-bond donors (Lipinski definition) is 1. The molecule has 2 nitrogen and oxygen atoms in total. The highest BCUT2D eigenvalue weighted by molar-refractivity contribution is 5.83. The van der Waals surface area contributed by atoms with Gasteiger partial charge in [-0.3, -0.25) is 4.79 Å². The molecule has 1 atom stereocenters. The lowest BCUT2D eigenvalue weighted by Gasteiger charge is -2.13. The van der Waals surface area contributed by atoms with E-state index < -0.39 is 0 Å². The van der Waals surface area contributed by atoms with Gasteiger partial charge in [-0.1, -0.05) is 44.2 Å². The first-order chi connectivity index (χ1) is 7.61. The number of rotatable bonds is 5. The van der Waals surface area contributed by atoms with Gasteiger partial charge < -0.3 is 5.32 Å². The summed E-state index contributed by atoms with van der Waals surface area (Å²) in [7, 11) is 0. The van der Waals surface area contributed by atoms with Gasteiger partial charge in [0.2, 0.25) is 5.91 Å². The molecule has 88 valence electrons. The van der Waals surface area contributed by atoms with Gasteiger partial charge in [0.05, 0.1) is 5.92 Å². The van der Waals surface area contributed by atoms with Crippen LogP contribution in [0.25, 0.3) is 0 Å². The third kappa shape index (κ3) is 4.05. The fourth-order valence-electron chi connectivity index (χ4n) is 1.53. The van der Waals surface area contributed by atoms with Gasteiger partial charge in [0.15, 0.2) is 0 Å². The third-order valence-corrected chi connectivity index (χ3v) is 2.71. The van der Waals surface area contributed by atoms with Gasteiger partial charge >= 0.3 is 0 Å². The molecule has 2 heteroatoms. The molecule has 1 aromatic carbocycles. The molecule has 0 heterocycles. The summed E-state index contributed by atoms with van der Waals surface area (Å²) in [5.41, 5.74) is 1.07. The van der Waals surface area contributed by atoms with Crippen LogP contribution in [0, 0.1) is 5.92 Å². The lowest BCUT2D eigenvalue weighted by Crippen LogP contribution is -2.29. The van der Waals surface area contributed by atoms with Gasteiger partial charge in [-0.05, 0) is 24.8 Å². The second-order valence-electron chi connectivity index (χ2n) is 4.61. The fraction of sp³-hybridized carbons (Fsp3) is 0.500. The van der Waals surface area contributed by atoms with Crippen molar-refractivity contribution in [3.8, 4) is 0 Å². The molecule has 0 aliphatic rings. The average Bonchev–Trinajstić information content (AvgIpc) is 2.28. The maximum absolute atomic E-state index is 11.8. The van der Waals surface area contributed by atoms with Crippen molar-refractivity contribution < 1.29 is 4.79 Å². The highest BCUT2D eigenvalue weighted by atomic mass is 16.1. The van der Waals surface area contributed by atoms with Crippen molar-refractivity contribution in [1.29, 1.82) is 0 Å². The SMILES string of the molecule is CC(C)CCNC(=O)C(C)c1ccccc1. The Bertz CT molecular complexity index is 319. The Morgan fingerprint density at radius 1 is 1.19 bits per heavy atom. The fourth-order valence-corrected chi connectivity index (χ4v) is 1.53. The van der Waals surface area contributed by atoms with Crippen LogP contribution in [-0.2, 0) is 4.79 Å². The smallest absolute Gasteiger partial charge is 0.227 e. The van der Waals surface area contributed by atoms with Crippen LogP contribution >= 0.6 is 0 Å². The highest BCUT2D eigenvalue weighted by Crippen LogP contribution is 2.14. The van der Waals surface area contributed by atoms with E-state index in [1.165, 1.54) is 0 Å². The number of hydrogen-bond acceptors (Lipinski definition) is 1. The van der Waals surface area contributed by atoms with Crippen molar-refractivity contribution in [2.45, 2.75) is 33.1 Å². The topological polar surface area (TPSA) is 29.1 Å². The summed E-state index contributed by atoms with van der Waals surface area (Å²) >= 11 is 0. The molecule has 1 unspecified atom stereocenters. The molecule has 1 N–H and O–H groups in total. The first-order valence-corrected chi connectivity index (χ1v) is 5.94. The molecule has 0 radical (unpaired) electrons. The number of benzene rings is 1. The molecule has 1 rings (SSSR count). The molecule has 0 aliphatic carbocycles. The second kappa shape index (κ2) is 6.31. The van der Waals surface area contributed by atoms with Crippen LogP contribution in [0.1, 0.15) is 38.7 Å². The molecule has 0 spiro atoms. The molecule has 16 heavy (non-hydrogen) atoms. The Labute approximate surface area is 98.1 Å². The van der Waals surface area contributed by atoms with E-state index >= 15 is 0 Å². The van der Waals surface area contributed by atoms with Gasteiger partial charge in [-0.25, -0.2) is 0 Å². The van der Waals surface area contributed by atoms with Gasteiger partial charge in [0.1, 0.15) is 0 Å². The molecule has 1 aromatic rings. The Hall–Kier alpha value is -1.31. The minimum absolute atomic E-state index is 0.0617. The number of amides is 1. The lowest BCUT2D eigenvalue weighted by molar-refractivity contribution is -0.122. The van der Waals surface area contributed by atoms with Crippen molar-refractivity contribution in [2.24, 2.45) is 5.92 Å². The molecular formula is C14H21NO. The van der Waals surface area contributed by atoms with E-state index in [2.05, 4.69) is 19.2 Å². The molecule has 0 aliphatic heterocycles. The summed E-state index contributed by atoms with van der Waals surface area (Å²) in [5, 5.41) is 2.97. The van der Waals surface area contributed by atoms with E-state index in [-0.39, 0.29) is 11.8 Å². The first-order valence-electron chi connectivity index (χ1n) is 5.94. The van der Waals surface area contributed by atoms with E-state index in [9.17, 15) is 4.79 Å². The minimum Gasteiger partial charge on any atom is -0.356 e. The molecule has 0 bridgehead atoms. The molecule has 0 saturated carbocycles. The standard InChI is InChI=1S/C14H21NO/c1-11(2)9-10-15-14(16)12(3)13-7-5-4-6-8-13/h4-8,11-12H,9-10H2,1-3H3,(H,15,16).